The number of hydrogen-bond acceptors (Lipinski definition) is 2. The Morgan fingerprint density at radius 3 is 2.56 bits per heavy atom. The Bertz CT molecular complexity index is 627. The molecule has 3 N–H and O–H groups in total. The molecule has 1 aliphatic carbocycles. The van der Waals surface area contributed by atoms with E-state index in [9.17, 15) is 18.0 Å². The lowest BCUT2D eigenvalue weighted by Gasteiger charge is -2.31. The molecule has 27 heavy (non-hydrogen) atoms. The van der Waals surface area contributed by atoms with Crippen molar-refractivity contribution in [1.82, 2.24) is 5.32 Å². The first-order chi connectivity index (χ1) is 12.8. The first kappa shape index (κ1) is 19.9. The van der Waals surface area contributed by atoms with E-state index in [2.05, 4.69) is 17.2 Å². The van der Waals surface area contributed by atoms with E-state index in [1.165, 1.54) is 30.2 Å². The Labute approximate surface area is 157 Å². The molecule has 1 saturated heterocycles. The van der Waals surface area contributed by atoms with Gasteiger partial charge in [0.2, 0.25) is 0 Å². The third-order valence-corrected chi connectivity index (χ3v) is 5.80. The van der Waals surface area contributed by atoms with Crippen LogP contribution in [0.3, 0.4) is 0 Å². The minimum absolute atomic E-state index is 0.110. The van der Waals surface area contributed by atoms with Gasteiger partial charge in [0, 0.05) is 12.1 Å². The molecule has 0 unspecified atom stereocenters. The molecule has 1 aromatic rings. The molecular formula is C19H29F3N4O+2. The van der Waals surface area contributed by atoms with Crippen LogP contribution in [-0.4, -0.2) is 44.7 Å². The van der Waals surface area contributed by atoms with Gasteiger partial charge in [-0.25, -0.2) is 4.98 Å². The molecule has 3 rings (SSSR count). The highest BCUT2D eigenvalue weighted by Gasteiger charge is 2.33. The summed E-state index contributed by atoms with van der Waals surface area (Å²) in [6.45, 7) is 5.68. The lowest BCUT2D eigenvalue weighted by Crippen LogP contribution is -3.16. The van der Waals surface area contributed by atoms with Gasteiger partial charge in [0.25, 0.3) is 11.7 Å². The summed E-state index contributed by atoms with van der Waals surface area (Å²) in [4.78, 5) is 18.3. The van der Waals surface area contributed by atoms with Gasteiger partial charge in [-0.3, -0.25) is 9.69 Å². The zero-order valence-electron chi connectivity index (χ0n) is 15.7. The van der Waals surface area contributed by atoms with Crippen LogP contribution in [-0.2, 0) is 11.0 Å². The topological polar surface area (TPSA) is 50.9 Å². The standard InChI is InChI=1S/C19H27F3N4O/c1-14-4-2-3-5-16(14)24-18(27)13-25-8-10-26(11-9-25)17-7-6-15(12-23-17)19(20,21)22/h6-7,12,14,16H,2-5,8-11,13H2,1H3,(H,24,27)/p+2/t14-,16+/m0/s1. The fourth-order valence-electron chi connectivity index (χ4n) is 4.05. The number of alkyl halides is 3. The van der Waals surface area contributed by atoms with E-state index in [4.69, 9.17) is 0 Å². The Kier molecular flexibility index (Phi) is 6.24. The van der Waals surface area contributed by atoms with Crippen molar-refractivity contribution >= 4 is 11.7 Å². The van der Waals surface area contributed by atoms with Crippen LogP contribution in [0.1, 0.15) is 38.2 Å². The number of H-pyrrole nitrogens is 1. The highest BCUT2D eigenvalue weighted by molar-refractivity contribution is 5.77. The number of nitrogens with one attached hydrogen (secondary N) is 3. The van der Waals surface area contributed by atoms with E-state index >= 15 is 0 Å². The van der Waals surface area contributed by atoms with E-state index < -0.39 is 11.7 Å². The average Bonchev–Trinajstić information content (AvgIpc) is 2.64. The molecule has 8 heteroatoms. The molecule has 1 aliphatic heterocycles. The highest BCUT2D eigenvalue weighted by Crippen LogP contribution is 2.28. The molecule has 2 atom stereocenters. The van der Waals surface area contributed by atoms with Gasteiger partial charge in [-0.05, 0) is 24.8 Å². The van der Waals surface area contributed by atoms with Crippen LogP contribution in [0.4, 0.5) is 19.0 Å². The predicted octanol–water partition coefficient (Wildman–Crippen LogP) is 0.919. The van der Waals surface area contributed by atoms with Crippen LogP contribution >= 0.6 is 0 Å². The van der Waals surface area contributed by atoms with Crippen molar-refractivity contribution < 1.29 is 27.8 Å². The summed E-state index contributed by atoms with van der Waals surface area (Å²) in [5.74, 6) is 1.34. The summed E-state index contributed by atoms with van der Waals surface area (Å²) in [5, 5.41) is 3.19. The highest BCUT2D eigenvalue weighted by atomic mass is 19.4. The number of piperazine rings is 1. The molecule has 0 spiro atoms. The molecule has 1 saturated carbocycles. The Hall–Kier alpha value is -1.83. The van der Waals surface area contributed by atoms with Crippen LogP contribution in [0.15, 0.2) is 18.3 Å². The van der Waals surface area contributed by atoms with Gasteiger partial charge >= 0.3 is 6.18 Å². The molecule has 2 aliphatic rings. The number of carbonyl (C=O) groups excluding carboxylic acids is 1. The maximum absolute atomic E-state index is 12.7. The number of anilines is 1. The monoisotopic (exact) mass is 386 g/mol. The molecule has 150 valence electrons. The summed E-state index contributed by atoms with van der Waals surface area (Å²) >= 11 is 0. The normalized spacial score (nSPS) is 24.7. The van der Waals surface area contributed by atoms with Gasteiger partial charge in [0.15, 0.2) is 6.54 Å². The van der Waals surface area contributed by atoms with Gasteiger partial charge in [0.1, 0.15) is 32.4 Å². The number of aromatic amines is 1. The van der Waals surface area contributed by atoms with Gasteiger partial charge in [-0.1, -0.05) is 19.8 Å². The van der Waals surface area contributed by atoms with Crippen LogP contribution in [0, 0.1) is 5.92 Å². The van der Waals surface area contributed by atoms with Crippen LogP contribution in [0.5, 0.6) is 0 Å². The first-order valence-electron chi connectivity index (χ1n) is 9.80. The van der Waals surface area contributed by atoms with Crippen molar-refractivity contribution in [2.75, 3.05) is 37.6 Å². The van der Waals surface area contributed by atoms with Crippen molar-refractivity contribution in [2.45, 2.75) is 44.8 Å². The van der Waals surface area contributed by atoms with E-state index in [1.54, 1.807) is 0 Å². The van der Waals surface area contributed by atoms with E-state index in [0.29, 0.717) is 37.4 Å². The quantitative estimate of drug-likeness (QED) is 0.809. The summed E-state index contributed by atoms with van der Waals surface area (Å²) in [7, 11) is 0. The minimum atomic E-state index is -4.33. The smallest absolute Gasteiger partial charge is 0.348 e. The summed E-state index contributed by atoms with van der Waals surface area (Å²) in [6, 6.07) is 2.88. The molecule has 1 aromatic heterocycles. The second kappa shape index (κ2) is 8.46. The van der Waals surface area contributed by atoms with Gasteiger partial charge < -0.3 is 10.2 Å². The number of pyridine rings is 1. The zero-order chi connectivity index (χ0) is 19.4. The number of rotatable bonds is 4. The molecule has 0 aromatic carbocycles. The van der Waals surface area contributed by atoms with Crippen molar-refractivity contribution in [3.8, 4) is 0 Å². The molecule has 0 radical (unpaired) electrons. The van der Waals surface area contributed by atoms with E-state index in [-0.39, 0.29) is 5.91 Å². The number of aromatic nitrogens is 1. The van der Waals surface area contributed by atoms with Gasteiger partial charge in [0.05, 0.1) is 5.56 Å². The number of amides is 1. The number of nitrogens with zero attached hydrogens (tertiary/aromatic N) is 1. The molecule has 1 amide bonds. The Balaban J connectivity index is 1.45. The number of hydrogen-bond donors (Lipinski definition) is 2. The fraction of sp³-hybridized carbons (Fsp3) is 0.684. The van der Waals surface area contributed by atoms with Crippen molar-refractivity contribution in [3.05, 3.63) is 23.9 Å². The van der Waals surface area contributed by atoms with Crippen LogP contribution < -0.4 is 20.1 Å². The number of halogens is 3. The largest absolute Gasteiger partial charge is 0.419 e. The molecule has 5 nitrogen and oxygen atoms in total. The second-order valence-corrected chi connectivity index (χ2v) is 7.81. The summed E-state index contributed by atoms with van der Waals surface area (Å²) in [6.07, 6.45) is 1.36. The number of quaternary nitrogens is 1. The van der Waals surface area contributed by atoms with Crippen LogP contribution in [0.2, 0.25) is 0 Å². The zero-order valence-corrected chi connectivity index (χ0v) is 15.7. The minimum Gasteiger partial charge on any atom is -0.348 e. The van der Waals surface area contributed by atoms with Crippen molar-refractivity contribution in [1.29, 1.82) is 0 Å². The van der Waals surface area contributed by atoms with E-state index in [0.717, 1.165) is 31.8 Å². The van der Waals surface area contributed by atoms with Crippen molar-refractivity contribution in [2.24, 2.45) is 5.92 Å². The predicted molar refractivity (Wildman–Crippen MR) is 95.3 cm³/mol. The first-order valence-corrected chi connectivity index (χ1v) is 9.80. The SMILES string of the molecule is C[C@H]1CCCC[C@H]1NC(=O)C[NH+]1CCN(c2ccc(C(F)(F)F)c[nH+]2)CC1. The Morgan fingerprint density at radius 1 is 1.26 bits per heavy atom. The molecule has 2 fully saturated rings. The molecule has 0 bridgehead atoms. The second-order valence-electron chi connectivity index (χ2n) is 7.81. The number of carbonyl (C=O) groups is 1. The summed E-state index contributed by atoms with van der Waals surface area (Å²) < 4.78 is 38.0. The molecule has 2 heterocycles. The fourth-order valence-corrected chi connectivity index (χ4v) is 4.05. The Morgan fingerprint density at radius 2 is 1.96 bits per heavy atom. The third-order valence-electron chi connectivity index (χ3n) is 5.80. The maximum atomic E-state index is 12.7. The van der Waals surface area contributed by atoms with Gasteiger partial charge in [-0.15, -0.1) is 0 Å². The maximum Gasteiger partial charge on any atom is 0.419 e. The average molecular weight is 386 g/mol. The van der Waals surface area contributed by atoms with Crippen molar-refractivity contribution in [3.63, 3.8) is 0 Å². The molecular weight excluding hydrogens is 357 g/mol. The lowest BCUT2D eigenvalue weighted by atomic mass is 9.86. The lowest BCUT2D eigenvalue weighted by molar-refractivity contribution is -0.892. The van der Waals surface area contributed by atoms with E-state index in [1.807, 2.05) is 4.90 Å². The van der Waals surface area contributed by atoms with Gasteiger partial charge in [-0.2, -0.15) is 13.2 Å². The third kappa shape index (κ3) is 5.34. The summed E-state index contributed by atoms with van der Waals surface area (Å²) in [5.41, 5.74) is -0.677. The van der Waals surface area contributed by atoms with Crippen LogP contribution in [0.25, 0.3) is 0 Å².